The lowest BCUT2D eigenvalue weighted by Gasteiger charge is -2.29. The molecule has 3 aromatic rings. The van der Waals surface area contributed by atoms with E-state index in [9.17, 15) is 4.79 Å². The Labute approximate surface area is 182 Å². The summed E-state index contributed by atoms with van der Waals surface area (Å²) in [6, 6.07) is 12.6. The first-order valence-corrected chi connectivity index (χ1v) is 9.97. The van der Waals surface area contributed by atoms with Crippen LogP contribution in [0.2, 0.25) is 0 Å². The molecule has 4 rings (SSSR count). The second-order valence-corrected chi connectivity index (χ2v) is 7.58. The molecule has 9 heteroatoms. The maximum Gasteiger partial charge on any atom is 0.255 e. The standard InChI is InChI=1S/C21H20BrN5O3/c1-12-18(20(28)26-16-9-8-15(29-2)10-17(16)30-3)19(13-4-6-14(22)7-5-13)27-21(25-12)23-11-24-27/h4-11,19H,1-3H3,(H,26,28)(H,23,24,25)/t19-/m1/s1. The third-order valence-corrected chi connectivity index (χ3v) is 5.41. The van der Waals surface area contributed by atoms with Crippen molar-refractivity contribution in [3.05, 3.63) is 70.1 Å². The molecule has 1 aliphatic rings. The predicted molar refractivity (Wildman–Crippen MR) is 117 cm³/mol. The van der Waals surface area contributed by atoms with Crippen LogP contribution in [0.15, 0.2) is 64.5 Å². The van der Waals surface area contributed by atoms with Gasteiger partial charge in [-0.05, 0) is 36.8 Å². The molecular weight excluding hydrogens is 450 g/mol. The second kappa shape index (κ2) is 8.19. The number of allylic oxidation sites excluding steroid dienone is 1. The van der Waals surface area contributed by atoms with Gasteiger partial charge in [0.05, 0.1) is 25.5 Å². The third kappa shape index (κ3) is 3.63. The third-order valence-electron chi connectivity index (χ3n) is 4.88. The molecule has 0 unspecified atom stereocenters. The normalized spacial score (nSPS) is 15.3. The number of halogens is 1. The quantitative estimate of drug-likeness (QED) is 0.587. The molecule has 2 aromatic carbocycles. The van der Waals surface area contributed by atoms with Crippen molar-refractivity contribution in [2.45, 2.75) is 13.0 Å². The Kier molecular flexibility index (Phi) is 5.45. The number of nitrogens with one attached hydrogen (secondary N) is 2. The van der Waals surface area contributed by atoms with Crippen molar-refractivity contribution in [1.29, 1.82) is 0 Å². The number of hydrogen-bond donors (Lipinski definition) is 2. The molecule has 0 aliphatic carbocycles. The Balaban J connectivity index is 1.74. The minimum Gasteiger partial charge on any atom is -0.497 e. The van der Waals surface area contributed by atoms with E-state index in [1.54, 1.807) is 37.1 Å². The number of aromatic nitrogens is 3. The topological polar surface area (TPSA) is 90.3 Å². The summed E-state index contributed by atoms with van der Waals surface area (Å²) in [6.45, 7) is 1.85. The van der Waals surface area contributed by atoms with Gasteiger partial charge >= 0.3 is 0 Å². The highest BCUT2D eigenvalue weighted by Crippen LogP contribution is 2.36. The van der Waals surface area contributed by atoms with Crippen LogP contribution in [0, 0.1) is 0 Å². The van der Waals surface area contributed by atoms with Crippen molar-refractivity contribution in [2.24, 2.45) is 0 Å². The van der Waals surface area contributed by atoms with Crippen molar-refractivity contribution in [3.8, 4) is 11.5 Å². The van der Waals surface area contributed by atoms with E-state index in [1.165, 1.54) is 6.33 Å². The average molecular weight is 470 g/mol. The molecule has 1 aromatic heterocycles. The zero-order valence-electron chi connectivity index (χ0n) is 16.6. The van der Waals surface area contributed by atoms with Crippen LogP contribution < -0.4 is 20.1 Å². The Morgan fingerprint density at radius 3 is 2.63 bits per heavy atom. The van der Waals surface area contributed by atoms with Crippen LogP contribution in [0.5, 0.6) is 11.5 Å². The number of anilines is 2. The molecule has 0 bridgehead atoms. The van der Waals surface area contributed by atoms with E-state index in [0.29, 0.717) is 34.4 Å². The van der Waals surface area contributed by atoms with E-state index in [0.717, 1.165) is 10.0 Å². The molecule has 0 saturated carbocycles. The summed E-state index contributed by atoms with van der Waals surface area (Å²) in [5.41, 5.74) is 2.70. The molecule has 0 radical (unpaired) electrons. The zero-order chi connectivity index (χ0) is 21.3. The van der Waals surface area contributed by atoms with Gasteiger partial charge in [-0.15, -0.1) is 0 Å². The van der Waals surface area contributed by atoms with Crippen LogP contribution in [-0.4, -0.2) is 34.9 Å². The first-order chi connectivity index (χ1) is 14.5. The van der Waals surface area contributed by atoms with Crippen molar-refractivity contribution in [3.63, 3.8) is 0 Å². The molecule has 2 heterocycles. The molecule has 0 fully saturated rings. The van der Waals surface area contributed by atoms with E-state index in [2.05, 4.69) is 36.6 Å². The van der Waals surface area contributed by atoms with Gasteiger partial charge in [-0.2, -0.15) is 10.1 Å². The maximum atomic E-state index is 13.4. The number of carbonyl (C=O) groups is 1. The highest BCUT2D eigenvalue weighted by molar-refractivity contribution is 9.10. The molecule has 1 atom stereocenters. The SMILES string of the molecule is COc1ccc(NC(=O)C2=C(C)Nc3ncnn3[C@@H]2c2ccc(Br)cc2)c(OC)c1. The van der Waals surface area contributed by atoms with E-state index in [-0.39, 0.29) is 5.91 Å². The van der Waals surface area contributed by atoms with Crippen LogP contribution in [-0.2, 0) is 4.79 Å². The summed E-state index contributed by atoms with van der Waals surface area (Å²) in [5, 5.41) is 10.5. The number of nitrogens with zero attached hydrogens (tertiary/aromatic N) is 3. The van der Waals surface area contributed by atoms with Crippen LogP contribution in [0.4, 0.5) is 11.6 Å². The fourth-order valence-electron chi connectivity index (χ4n) is 3.43. The van der Waals surface area contributed by atoms with Crippen molar-refractivity contribution < 1.29 is 14.3 Å². The molecule has 0 spiro atoms. The summed E-state index contributed by atoms with van der Waals surface area (Å²) >= 11 is 3.46. The Bertz CT molecular complexity index is 1120. The van der Waals surface area contributed by atoms with Gasteiger partial charge in [-0.25, -0.2) is 4.68 Å². The van der Waals surface area contributed by atoms with Gasteiger partial charge < -0.3 is 20.1 Å². The highest BCUT2D eigenvalue weighted by atomic mass is 79.9. The van der Waals surface area contributed by atoms with E-state index in [4.69, 9.17) is 9.47 Å². The summed E-state index contributed by atoms with van der Waals surface area (Å²) < 4.78 is 13.3. The average Bonchev–Trinajstić information content (AvgIpc) is 3.21. The molecule has 0 saturated heterocycles. The van der Waals surface area contributed by atoms with E-state index < -0.39 is 6.04 Å². The molecule has 154 valence electrons. The Morgan fingerprint density at radius 1 is 1.17 bits per heavy atom. The largest absolute Gasteiger partial charge is 0.497 e. The second-order valence-electron chi connectivity index (χ2n) is 6.67. The summed E-state index contributed by atoms with van der Waals surface area (Å²) in [6.07, 6.45) is 1.47. The number of ether oxygens (including phenoxy) is 2. The molecule has 2 N–H and O–H groups in total. The van der Waals surface area contributed by atoms with Gasteiger partial charge in [-0.1, -0.05) is 28.1 Å². The van der Waals surface area contributed by atoms with Crippen LogP contribution in [0.3, 0.4) is 0 Å². The minimum atomic E-state index is -0.430. The van der Waals surface area contributed by atoms with Crippen molar-refractivity contribution >= 4 is 33.5 Å². The maximum absolute atomic E-state index is 13.4. The van der Waals surface area contributed by atoms with Crippen LogP contribution in [0.25, 0.3) is 0 Å². The number of hydrogen-bond acceptors (Lipinski definition) is 6. The van der Waals surface area contributed by atoms with Gasteiger partial charge in [0.25, 0.3) is 5.91 Å². The number of methoxy groups -OCH3 is 2. The fourth-order valence-corrected chi connectivity index (χ4v) is 3.69. The van der Waals surface area contributed by atoms with E-state index >= 15 is 0 Å². The van der Waals surface area contributed by atoms with E-state index in [1.807, 2.05) is 31.2 Å². The van der Waals surface area contributed by atoms with Crippen molar-refractivity contribution in [1.82, 2.24) is 14.8 Å². The first kappa shape index (κ1) is 20.0. The minimum absolute atomic E-state index is 0.266. The number of benzene rings is 2. The molecule has 8 nitrogen and oxygen atoms in total. The zero-order valence-corrected chi connectivity index (χ0v) is 18.2. The van der Waals surface area contributed by atoms with Crippen LogP contribution >= 0.6 is 15.9 Å². The number of amides is 1. The number of fused-ring (bicyclic) bond motifs is 1. The monoisotopic (exact) mass is 469 g/mol. The van der Waals surface area contributed by atoms with Gasteiger partial charge in [-0.3, -0.25) is 4.79 Å². The lowest BCUT2D eigenvalue weighted by Crippen LogP contribution is -2.31. The molecule has 1 amide bonds. The smallest absolute Gasteiger partial charge is 0.255 e. The lowest BCUT2D eigenvalue weighted by molar-refractivity contribution is -0.113. The predicted octanol–water partition coefficient (Wildman–Crippen LogP) is 3.99. The van der Waals surface area contributed by atoms with Gasteiger partial charge in [0, 0.05) is 16.2 Å². The van der Waals surface area contributed by atoms with Gasteiger partial charge in [0.15, 0.2) is 0 Å². The van der Waals surface area contributed by atoms with Gasteiger partial charge in [0.1, 0.15) is 23.9 Å². The molecule has 1 aliphatic heterocycles. The summed E-state index contributed by atoms with van der Waals surface area (Å²) in [7, 11) is 3.12. The van der Waals surface area contributed by atoms with Gasteiger partial charge in [0.2, 0.25) is 5.95 Å². The Hall–Kier alpha value is -3.33. The summed E-state index contributed by atoms with van der Waals surface area (Å²) in [4.78, 5) is 17.7. The Morgan fingerprint density at radius 2 is 1.93 bits per heavy atom. The first-order valence-electron chi connectivity index (χ1n) is 9.18. The number of rotatable bonds is 5. The fraction of sp³-hybridized carbons (Fsp3) is 0.190. The molecule has 30 heavy (non-hydrogen) atoms. The highest BCUT2D eigenvalue weighted by Gasteiger charge is 2.33. The summed E-state index contributed by atoms with van der Waals surface area (Å²) in [5.74, 6) is 1.46. The lowest BCUT2D eigenvalue weighted by atomic mass is 9.95. The van der Waals surface area contributed by atoms with Crippen molar-refractivity contribution in [2.75, 3.05) is 24.9 Å². The number of carbonyl (C=O) groups excluding carboxylic acids is 1. The molecular formula is C21H20BrN5O3. The van der Waals surface area contributed by atoms with Crippen LogP contribution in [0.1, 0.15) is 18.5 Å².